The van der Waals surface area contributed by atoms with E-state index in [1.165, 1.54) is 25.3 Å². The number of aromatic hydroxyl groups is 1. The number of nitriles is 1. The maximum atomic E-state index is 11.2. The molecule has 2 aromatic carbocycles. The van der Waals surface area contributed by atoms with Gasteiger partial charge in [-0.25, -0.2) is 4.98 Å². The summed E-state index contributed by atoms with van der Waals surface area (Å²) in [6.45, 7) is 2.55. The maximum Gasteiger partial charge on any atom is 0.315 e. The summed E-state index contributed by atoms with van der Waals surface area (Å²) in [7, 11) is 1.30. The Hall–Kier alpha value is -3.86. The zero-order valence-corrected chi connectivity index (χ0v) is 14.7. The number of phenolic OH excluding ortho intramolecular Hbond substituents is 1. The molecule has 8 nitrogen and oxygen atoms in total. The third-order valence-electron chi connectivity index (χ3n) is 4.14. The van der Waals surface area contributed by atoms with E-state index >= 15 is 0 Å². The number of aromatic nitrogens is 2. The first-order valence-electron chi connectivity index (χ1n) is 8.13. The number of rotatable bonds is 5. The molecule has 0 radical (unpaired) electrons. The van der Waals surface area contributed by atoms with E-state index in [9.17, 15) is 20.5 Å². The normalized spacial score (nSPS) is 11.4. The van der Waals surface area contributed by atoms with E-state index < -0.39 is 16.4 Å². The Labute approximate surface area is 154 Å². The van der Waals surface area contributed by atoms with Crippen LogP contribution in [-0.2, 0) is 6.54 Å². The average Bonchev–Trinajstić information content (AvgIpc) is 3.05. The molecule has 0 bridgehead atoms. The lowest BCUT2D eigenvalue weighted by Gasteiger charge is -2.07. The predicted molar refractivity (Wildman–Crippen MR) is 100 cm³/mol. The SMILES string of the molecule is CCn1c(/C(C#N)=C\c2cc(OC)c(O)c([N+](=O)[O-])c2)nc2ccccc21. The summed E-state index contributed by atoms with van der Waals surface area (Å²) in [5.74, 6) is -0.133. The monoisotopic (exact) mass is 364 g/mol. The van der Waals surface area contributed by atoms with Crippen molar-refractivity contribution in [2.45, 2.75) is 13.5 Å². The van der Waals surface area contributed by atoms with Crippen LogP contribution in [0.3, 0.4) is 0 Å². The number of hydrogen-bond donors (Lipinski definition) is 1. The molecule has 0 aliphatic heterocycles. The lowest BCUT2D eigenvalue weighted by molar-refractivity contribution is -0.386. The molecule has 0 fully saturated rings. The van der Waals surface area contributed by atoms with Crippen molar-refractivity contribution >= 4 is 28.4 Å². The highest BCUT2D eigenvalue weighted by Gasteiger charge is 2.20. The van der Waals surface area contributed by atoms with Gasteiger partial charge in [0.25, 0.3) is 0 Å². The van der Waals surface area contributed by atoms with Gasteiger partial charge in [-0.05, 0) is 36.8 Å². The van der Waals surface area contributed by atoms with Gasteiger partial charge in [0.05, 0.1) is 28.6 Å². The molecule has 0 saturated heterocycles. The van der Waals surface area contributed by atoms with E-state index in [1.807, 2.05) is 35.8 Å². The van der Waals surface area contributed by atoms with Crippen molar-refractivity contribution in [3.8, 4) is 17.6 Å². The first-order chi connectivity index (χ1) is 13.0. The fourth-order valence-electron chi connectivity index (χ4n) is 2.91. The van der Waals surface area contributed by atoms with Gasteiger partial charge < -0.3 is 14.4 Å². The number of ether oxygens (including phenoxy) is 1. The van der Waals surface area contributed by atoms with Gasteiger partial charge in [0, 0.05) is 12.6 Å². The van der Waals surface area contributed by atoms with E-state index in [2.05, 4.69) is 11.1 Å². The van der Waals surface area contributed by atoms with E-state index in [-0.39, 0.29) is 11.3 Å². The first-order valence-corrected chi connectivity index (χ1v) is 8.13. The number of nitro groups is 1. The molecular weight excluding hydrogens is 348 g/mol. The molecule has 0 aliphatic carbocycles. The Morgan fingerprint density at radius 2 is 2.19 bits per heavy atom. The van der Waals surface area contributed by atoms with Gasteiger partial charge in [0.2, 0.25) is 5.75 Å². The van der Waals surface area contributed by atoms with Crippen LogP contribution in [0.4, 0.5) is 5.69 Å². The number of phenols is 1. The average molecular weight is 364 g/mol. The molecule has 0 unspecified atom stereocenters. The molecule has 0 amide bonds. The molecule has 0 aliphatic rings. The second-order valence-corrected chi connectivity index (χ2v) is 5.69. The second-order valence-electron chi connectivity index (χ2n) is 5.69. The third-order valence-corrected chi connectivity index (χ3v) is 4.14. The number of para-hydroxylation sites is 2. The topological polar surface area (TPSA) is 114 Å². The summed E-state index contributed by atoms with van der Waals surface area (Å²) in [6.07, 6.45) is 1.49. The zero-order valence-electron chi connectivity index (χ0n) is 14.7. The number of allylic oxidation sites excluding steroid dienone is 1. The van der Waals surface area contributed by atoms with Crippen LogP contribution >= 0.6 is 0 Å². The van der Waals surface area contributed by atoms with Crippen LogP contribution in [-0.4, -0.2) is 26.7 Å². The number of fused-ring (bicyclic) bond motifs is 1. The van der Waals surface area contributed by atoms with Gasteiger partial charge in [-0.1, -0.05) is 12.1 Å². The molecule has 0 saturated carbocycles. The fourth-order valence-corrected chi connectivity index (χ4v) is 2.91. The lowest BCUT2D eigenvalue weighted by Crippen LogP contribution is -2.00. The van der Waals surface area contributed by atoms with Crippen LogP contribution in [0.15, 0.2) is 36.4 Å². The molecule has 0 spiro atoms. The van der Waals surface area contributed by atoms with E-state index in [0.29, 0.717) is 17.9 Å². The number of nitrogens with zero attached hydrogens (tertiary/aromatic N) is 4. The Morgan fingerprint density at radius 3 is 2.81 bits per heavy atom. The van der Waals surface area contributed by atoms with Gasteiger partial charge in [-0.2, -0.15) is 5.26 Å². The number of imidazole rings is 1. The molecule has 136 valence electrons. The summed E-state index contributed by atoms with van der Waals surface area (Å²) in [6, 6.07) is 12.3. The van der Waals surface area contributed by atoms with Crippen LogP contribution in [0.5, 0.6) is 11.5 Å². The van der Waals surface area contributed by atoms with Crippen LogP contribution < -0.4 is 4.74 Å². The van der Waals surface area contributed by atoms with Gasteiger partial charge >= 0.3 is 5.69 Å². The van der Waals surface area contributed by atoms with Gasteiger partial charge in [0.1, 0.15) is 6.07 Å². The Morgan fingerprint density at radius 1 is 1.44 bits per heavy atom. The highest BCUT2D eigenvalue weighted by molar-refractivity contribution is 5.91. The van der Waals surface area contributed by atoms with Crippen LogP contribution in [0.1, 0.15) is 18.3 Å². The molecule has 1 heterocycles. The summed E-state index contributed by atoms with van der Waals surface area (Å²) in [5.41, 5.74) is 1.75. The summed E-state index contributed by atoms with van der Waals surface area (Å²) in [5, 5.41) is 30.7. The minimum Gasteiger partial charge on any atom is -0.500 e. The second kappa shape index (κ2) is 7.17. The lowest BCUT2D eigenvalue weighted by atomic mass is 10.1. The number of hydrogen-bond acceptors (Lipinski definition) is 6. The largest absolute Gasteiger partial charge is 0.500 e. The Kier molecular flexibility index (Phi) is 4.77. The van der Waals surface area contributed by atoms with Gasteiger partial charge in [-0.15, -0.1) is 0 Å². The number of methoxy groups -OCH3 is 1. The van der Waals surface area contributed by atoms with Crippen LogP contribution in [0.2, 0.25) is 0 Å². The standard InChI is InChI=1S/C19H16N4O4/c1-3-22-15-7-5-4-6-14(15)21-19(22)13(11-20)8-12-9-16(23(25)26)18(24)17(10-12)27-2/h4-10,24H,3H2,1-2H3/b13-8-. The van der Waals surface area contributed by atoms with Gasteiger partial charge in [0.15, 0.2) is 11.6 Å². The van der Waals surface area contributed by atoms with Crippen molar-refractivity contribution in [1.82, 2.24) is 9.55 Å². The van der Waals surface area contributed by atoms with Crippen LogP contribution in [0.25, 0.3) is 22.7 Å². The number of nitro benzene ring substituents is 1. The number of aryl methyl sites for hydroxylation is 1. The van der Waals surface area contributed by atoms with Crippen molar-refractivity contribution in [3.05, 3.63) is 57.9 Å². The van der Waals surface area contributed by atoms with E-state index in [0.717, 1.165) is 11.0 Å². The fraction of sp³-hybridized carbons (Fsp3) is 0.158. The van der Waals surface area contributed by atoms with Gasteiger partial charge in [-0.3, -0.25) is 10.1 Å². The third kappa shape index (κ3) is 3.18. The molecule has 0 atom stereocenters. The highest BCUT2D eigenvalue weighted by atomic mass is 16.6. The highest BCUT2D eigenvalue weighted by Crippen LogP contribution is 2.38. The van der Waals surface area contributed by atoms with Crippen molar-refractivity contribution in [2.75, 3.05) is 7.11 Å². The predicted octanol–water partition coefficient (Wildman–Crippen LogP) is 3.74. The first kappa shape index (κ1) is 17.9. The Bertz CT molecular complexity index is 1110. The summed E-state index contributed by atoms with van der Waals surface area (Å²) >= 11 is 0. The minimum absolute atomic E-state index is 0.0447. The smallest absolute Gasteiger partial charge is 0.315 e. The van der Waals surface area contributed by atoms with E-state index in [4.69, 9.17) is 4.74 Å². The summed E-state index contributed by atoms with van der Waals surface area (Å²) < 4.78 is 6.90. The maximum absolute atomic E-state index is 11.2. The molecule has 1 aromatic heterocycles. The molecule has 8 heteroatoms. The van der Waals surface area contributed by atoms with E-state index in [1.54, 1.807) is 0 Å². The Balaban J connectivity index is 2.20. The zero-order chi connectivity index (χ0) is 19.6. The quantitative estimate of drug-likeness (QED) is 0.419. The minimum atomic E-state index is -0.706. The van der Waals surface area contributed by atoms with Crippen molar-refractivity contribution in [3.63, 3.8) is 0 Å². The van der Waals surface area contributed by atoms with Crippen molar-refractivity contribution in [1.29, 1.82) is 5.26 Å². The molecular formula is C19H16N4O4. The van der Waals surface area contributed by atoms with Crippen molar-refractivity contribution < 1.29 is 14.8 Å². The summed E-state index contributed by atoms with van der Waals surface area (Å²) in [4.78, 5) is 15.0. The molecule has 1 N–H and O–H groups in total. The molecule has 3 aromatic rings. The molecule has 3 rings (SSSR count). The van der Waals surface area contributed by atoms with Crippen LogP contribution in [0, 0.1) is 21.4 Å². The number of benzene rings is 2. The van der Waals surface area contributed by atoms with Crippen molar-refractivity contribution in [2.24, 2.45) is 0 Å². The molecule has 27 heavy (non-hydrogen) atoms.